The smallest absolute Gasteiger partial charge is 0.305 e. The van der Waals surface area contributed by atoms with Gasteiger partial charge in [0.15, 0.2) is 0 Å². The van der Waals surface area contributed by atoms with Crippen molar-refractivity contribution in [3.05, 3.63) is 28.8 Å². The van der Waals surface area contributed by atoms with Gasteiger partial charge in [-0.25, -0.2) is 0 Å². The van der Waals surface area contributed by atoms with Gasteiger partial charge in [-0.15, -0.1) is 0 Å². The third-order valence-corrected chi connectivity index (χ3v) is 4.96. The first kappa shape index (κ1) is 23.1. The second kappa shape index (κ2) is 10.1. The highest BCUT2D eigenvalue weighted by molar-refractivity contribution is 6.32. The van der Waals surface area contributed by atoms with E-state index in [1.807, 2.05) is 0 Å². The van der Waals surface area contributed by atoms with Crippen molar-refractivity contribution in [1.82, 2.24) is 15.5 Å². The number of carbonyl (C=O) groups excluding carboxylic acids is 4. The van der Waals surface area contributed by atoms with Crippen molar-refractivity contribution in [3.8, 4) is 5.75 Å². The lowest BCUT2D eigenvalue weighted by Gasteiger charge is -2.27. The van der Waals surface area contributed by atoms with Crippen LogP contribution in [-0.2, 0) is 19.2 Å². The average Bonchev–Trinajstić information content (AvgIpc) is 3.18. The predicted molar refractivity (Wildman–Crippen MR) is 105 cm³/mol. The minimum absolute atomic E-state index is 0.0102. The van der Waals surface area contributed by atoms with Gasteiger partial charge in [-0.2, -0.15) is 0 Å². The number of carboxylic acids is 1. The van der Waals surface area contributed by atoms with Crippen LogP contribution in [0.25, 0.3) is 0 Å². The SMILES string of the molecule is C[C@H](NC(=O)c1ccc(O)c(Cl)c1)C(=O)N1CCC[C@H]1C(=O)N[C@H](C=O)CC(=O)O. The first-order valence-corrected chi connectivity index (χ1v) is 9.59. The number of carbonyl (C=O) groups is 5. The molecule has 11 heteroatoms. The molecular formula is C19H22ClN3O7. The van der Waals surface area contributed by atoms with Gasteiger partial charge in [0.1, 0.15) is 24.1 Å². The number of carboxylic acid groups (broad SMARTS) is 1. The molecular weight excluding hydrogens is 418 g/mol. The van der Waals surface area contributed by atoms with E-state index >= 15 is 0 Å². The highest BCUT2D eigenvalue weighted by Crippen LogP contribution is 2.24. The number of aldehydes is 1. The van der Waals surface area contributed by atoms with Crippen LogP contribution in [0.1, 0.15) is 36.5 Å². The lowest BCUT2D eigenvalue weighted by molar-refractivity contribution is -0.141. The number of benzene rings is 1. The highest BCUT2D eigenvalue weighted by Gasteiger charge is 2.37. The summed E-state index contributed by atoms with van der Waals surface area (Å²) in [5, 5.41) is 23.1. The Hall–Kier alpha value is -3.14. The molecule has 0 saturated carbocycles. The quantitative estimate of drug-likeness (QED) is 0.425. The molecule has 10 nitrogen and oxygen atoms in total. The van der Waals surface area contributed by atoms with Gasteiger partial charge >= 0.3 is 5.97 Å². The Labute approximate surface area is 177 Å². The number of nitrogens with one attached hydrogen (secondary N) is 2. The number of nitrogens with zero attached hydrogens (tertiary/aromatic N) is 1. The van der Waals surface area contributed by atoms with Crippen LogP contribution in [0.15, 0.2) is 18.2 Å². The van der Waals surface area contributed by atoms with Crippen LogP contribution in [0.3, 0.4) is 0 Å². The molecule has 0 aromatic heterocycles. The van der Waals surface area contributed by atoms with E-state index < -0.39 is 48.2 Å². The third kappa shape index (κ3) is 5.69. The Morgan fingerprint density at radius 2 is 2.00 bits per heavy atom. The number of halogens is 1. The van der Waals surface area contributed by atoms with Gasteiger partial charge in [-0.3, -0.25) is 19.2 Å². The van der Waals surface area contributed by atoms with Crippen molar-refractivity contribution in [3.63, 3.8) is 0 Å². The number of aliphatic carboxylic acids is 1. The normalized spacial score (nSPS) is 17.7. The summed E-state index contributed by atoms with van der Waals surface area (Å²) in [4.78, 5) is 60.6. The summed E-state index contributed by atoms with van der Waals surface area (Å²) < 4.78 is 0. The Kier molecular flexibility index (Phi) is 7.76. The number of rotatable bonds is 8. The van der Waals surface area contributed by atoms with Crippen LogP contribution in [0.4, 0.5) is 0 Å². The number of amides is 3. The van der Waals surface area contributed by atoms with Crippen LogP contribution in [0.5, 0.6) is 5.75 Å². The second-order valence-electron chi connectivity index (χ2n) is 6.90. The number of hydrogen-bond acceptors (Lipinski definition) is 6. The molecule has 1 heterocycles. The molecule has 1 aliphatic heterocycles. The van der Waals surface area contributed by atoms with E-state index in [2.05, 4.69) is 10.6 Å². The van der Waals surface area contributed by atoms with E-state index in [4.69, 9.17) is 16.7 Å². The summed E-state index contributed by atoms with van der Waals surface area (Å²) in [6.07, 6.45) is 0.670. The lowest BCUT2D eigenvalue weighted by atomic mass is 10.1. The summed E-state index contributed by atoms with van der Waals surface area (Å²) in [6.45, 7) is 1.75. The van der Waals surface area contributed by atoms with E-state index in [1.165, 1.54) is 30.0 Å². The molecule has 1 aromatic rings. The van der Waals surface area contributed by atoms with Gasteiger partial charge in [0.05, 0.1) is 17.5 Å². The maximum absolute atomic E-state index is 12.8. The maximum atomic E-state index is 12.8. The number of phenolic OH excluding ortho intramolecular Hbond substituents is 1. The molecule has 30 heavy (non-hydrogen) atoms. The van der Waals surface area contributed by atoms with Crippen molar-refractivity contribution < 1.29 is 34.2 Å². The highest BCUT2D eigenvalue weighted by atomic mass is 35.5. The fourth-order valence-electron chi connectivity index (χ4n) is 3.14. The molecule has 4 N–H and O–H groups in total. The van der Waals surface area contributed by atoms with E-state index in [0.29, 0.717) is 19.1 Å². The molecule has 1 aromatic carbocycles. The fourth-order valence-corrected chi connectivity index (χ4v) is 3.32. The van der Waals surface area contributed by atoms with Gasteiger partial charge in [0.25, 0.3) is 5.91 Å². The summed E-state index contributed by atoms with van der Waals surface area (Å²) in [7, 11) is 0. The Bertz CT molecular complexity index is 861. The van der Waals surface area contributed by atoms with Crippen LogP contribution < -0.4 is 10.6 Å². The van der Waals surface area contributed by atoms with Crippen LogP contribution in [0, 0.1) is 0 Å². The van der Waals surface area contributed by atoms with E-state index in [0.717, 1.165) is 0 Å². The van der Waals surface area contributed by atoms with Crippen molar-refractivity contribution in [2.75, 3.05) is 6.54 Å². The van der Waals surface area contributed by atoms with Gasteiger partial charge in [-0.05, 0) is 38.0 Å². The molecule has 0 bridgehead atoms. The zero-order chi connectivity index (χ0) is 22.4. The van der Waals surface area contributed by atoms with Gasteiger partial charge in [-0.1, -0.05) is 11.6 Å². The molecule has 0 spiro atoms. The number of hydrogen-bond donors (Lipinski definition) is 4. The largest absolute Gasteiger partial charge is 0.506 e. The number of aromatic hydroxyl groups is 1. The molecule has 162 valence electrons. The van der Waals surface area contributed by atoms with Crippen LogP contribution in [0.2, 0.25) is 5.02 Å². The summed E-state index contributed by atoms with van der Waals surface area (Å²) >= 11 is 5.79. The molecule has 0 aliphatic carbocycles. The van der Waals surface area contributed by atoms with Crippen LogP contribution >= 0.6 is 11.6 Å². The van der Waals surface area contributed by atoms with Crippen molar-refractivity contribution in [2.45, 2.75) is 44.3 Å². The average molecular weight is 440 g/mol. The Morgan fingerprint density at radius 3 is 2.60 bits per heavy atom. The lowest BCUT2D eigenvalue weighted by Crippen LogP contribution is -2.54. The van der Waals surface area contributed by atoms with Crippen molar-refractivity contribution in [2.24, 2.45) is 0 Å². The number of phenols is 1. The maximum Gasteiger partial charge on any atom is 0.305 e. The Morgan fingerprint density at radius 1 is 1.30 bits per heavy atom. The zero-order valence-corrected chi connectivity index (χ0v) is 16.9. The predicted octanol–water partition coefficient (Wildman–Crippen LogP) is 0.313. The molecule has 1 fully saturated rings. The summed E-state index contributed by atoms with van der Waals surface area (Å²) in [5.74, 6) is -3.12. The van der Waals surface area contributed by atoms with Gasteiger partial charge in [0.2, 0.25) is 11.8 Å². The minimum atomic E-state index is -1.24. The zero-order valence-electron chi connectivity index (χ0n) is 16.1. The molecule has 0 radical (unpaired) electrons. The molecule has 3 atom stereocenters. The molecule has 1 aliphatic rings. The standard InChI is InChI=1S/C19H22ClN3O7/c1-10(21-17(28)11-4-5-15(25)13(20)7-11)19(30)23-6-2-3-14(23)18(29)22-12(9-24)8-16(26)27/h4-5,7,9-10,12,14,25H,2-3,6,8H2,1H3,(H,21,28)(H,22,29)(H,26,27)/t10-,12-,14-/m0/s1. The monoisotopic (exact) mass is 439 g/mol. The molecule has 0 unspecified atom stereocenters. The van der Waals surface area contributed by atoms with E-state index in [9.17, 15) is 29.1 Å². The summed E-state index contributed by atoms with van der Waals surface area (Å²) in [6, 6.07) is 0.851. The molecule has 2 rings (SSSR count). The topological polar surface area (TPSA) is 153 Å². The van der Waals surface area contributed by atoms with E-state index in [-0.39, 0.29) is 22.9 Å². The summed E-state index contributed by atoms with van der Waals surface area (Å²) in [5.41, 5.74) is 0.149. The number of likely N-dealkylation sites (tertiary alicyclic amines) is 1. The van der Waals surface area contributed by atoms with Gasteiger partial charge < -0.3 is 30.5 Å². The van der Waals surface area contributed by atoms with E-state index in [1.54, 1.807) is 0 Å². The first-order chi connectivity index (χ1) is 14.1. The molecule has 1 saturated heterocycles. The Balaban J connectivity index is 2.02. The van der Waals surface area contributed by atoms with Gasteiger partial charge in [0, 0.05) is 12.1 Å². The first-order valence-electron chi connectivity index (χ1n) is 9.21. The third-order valence-electron chi connectivity index (χ3n) is 4.65. The van der Waals surface area contributed by atoms with Crippen molar-refractivity contribution in [1.29, 1.82) is 0 Å². The minimum Gasteiger partial charge on any atom is -0.506 e. The van der Waals surface area contributed by atoms with Crippen molar-refractivity contribution >= 4 is 41.6 Å². The second-order valence-corrected chi connectivity index (χ2v) is 7.31. The molecule has 3 amide bonds. The fraction of sp³-hybridized carbons (Fsp3) is 0.421. The van der Waals surface area contributed by atoms with Crippen LogP contribution in [-0.4, -0.2) is 69.8 Å².